The Kier molecular flexibility index (Phi) is 5.23. The maximum atomic E-state index is 13.2. The molecule has 0 aliphatic carbocycles. The van der Waals surface area contributed by atoms with Gasteiger partial charge in [0.15, 0.2) is 22.4 Å². The van der Waals surface area contributed by atoms with Crippen LogP contribution in [-0.4, -0.2) is 25.1 Å². The monoisotopic (exact) mass is 368 g/mol. The summed E-state index contributed by atoms with van der Waals surface area (Å²) in [5.41, 5.74) is 2.72. The average Bonchev–Trinajstić information content (AvgIpc) is 2.66. The van der Waals surface area contributed by atoms with Crippen molar-refractivity contribution < 1.29 is 14.3 Å². The third-order valence-electron chi connectivity index (χ3n) is 4.29. The number of carbonyl (C=O) groups excluding carboxylic acids is 1. The van der Waals surface area contributed by atoms with Crippen LogP contribution in [0, 0.1) is 0 Å². The van der Waals surface area contributed by atoms with Crippen molar-refractivity contribution in [2.24, 2.45) is 0 Å². The molecule has 1 aliphatic heterocycles. The Balaban J connectivity index is 2.14. The summed E-state index contributed by atoms with van der Waals surface area (Å²) in [6.07, 6.45) is 0. The van der Waals surface area contributed by atoms with Gasteiger partial charge in [-0.1, -0.05) is 42.5 Å². The topological polar surface area (TPSA) is 59.6 Å². The van der Waals surface area contributed by atoms with E-state index in [9.17, 15) is 4.79 Å². The molecular formula is C20H20N2O3S. The van der Waals surface area contributed by atoms with Crippen LogP contribution in [0.1, 0.15) is 28.9 Å². The number of allylic oxidation sites excluding steroid dienone is 1. The minimum absolute atomic E-state index is 0.0690. The zero-order chi connectivity index (χ0) is 18.7. The van der Waals surface area contributed by atoms with Gasteiger partial charge in [0.2, 0.25) is 0 Å². The van der Waals surface area contributed by atoms with Crippen LogP contribution >= 0.6 is 12.2 Å². The molecule has 0 unspecified atom stereocenters. The predicted molar refractivity (Wildman–Crippen MR) is 105 cm³/mol. The van der Waals surface area contributed by atoms with Gasteiger partial charge >= 0.3 is 0 Å². The Morgan fingerprint density at radius 3 is 2.42 bits per heavy atom. The van der Waals surface area contributed by atoms with Crippen LogP contribution < -0.4 is 20.1 Å². The average molecular weight is 368 g/mol. The number of para-hydroxylation sites is 1. The third-order valence-corrected chi connectivity index (χ3v) is 4.51. The van der Waals surface area contributed by atoms with Gasteiger partial charge in [0, 0.05) is 22.4 Å². The predicted octanol–water partition coefficient (Wildman–Crippen LogP) is 3.38. The molecule has 0 radical (unpaired) electrons. The zero-order valence-electron chi connectivity index (χ0n) is 14.8. The lowest BCUT2D eigenvalue weighted by Gasteiger charge is -2.31. The van der Waals surface area contributed by atoms with Crippen LogP contribution in [0.15, 0.2) is 59.8 Å². The van der Waals surface area contributed by atoms with Gasteiger partial charge < -0.3 is 20.1 Å². The molecule has 0 bridgehead atoms. The molecule has 1 heterocycles. The van der Waals surface area contributed by atoms with E-state index in [2.05, 4.69) is 10.6 Å². The number of carbonyl (C=O) groups is 1. The van der Waals surface area contributed by atoms with Crippen molar-refractivity contribution in [2.45, 2.75) is 13.0 Å². The number of hydrogen-bond donors (Lipinski definition) is 2. The van der Waals surface area contributed by atoms with Crippen LogP contribution in [0.3, 0.4) is 0 Å². The first-order valence-corrected chi connectivity index (χ1v) is 8.56. The maximum absolute atomic E-state index is 13.2. The van der Waals surface area contributed by atoms with E-state index in [1.165, 1.54) is 0 Å². The van der Waals surface area contributed by atoms with Crippen molar-refractivity contribution in [2.75, 3.05) is 14.2 Å². The van der Waals surface area contributed by atoms with Gasteiger partial charge in [0.25, 0.3) is 0 Å². The van der Waals surface area contributed by atoms with Gasteiger partial charge in [0.1, 0.15) is 0 Å². The van der Waals surface area contributed by atoms with Gasteiger partial charge in [-0.15, -0.1) is 0 Å². The molecule has 3 rings (SSSR count). The van der Waals surface area contributed by atoms with Gasteiger partial charge in [-0.25, -0.2) is 0 Å². The van der Waals surface area contributed by atoms with Gasteiger partial charge in [-0.2, -0.15) is 0 Å². The minimum atomic E-state index is -0.443. The number of ether oxygens (including phenoxy) is 2. The first-order valence-electron chi connectivity index (χ1n) is 8.15. The van der Waals surface area contributed by atoms with Crippen LogP contribution in [0.2, 0.25) is 0 Å². The number of ketones is 1. The fourth-order valence-electron chi connectivity index (χ4n) is 3.11. The molecule has 2 N–H and O–H groups in total. The highest BCUT2D eigenvalue weighted by molar-refractivity contribution is 7.80. The summed E-state index contributed by atoms with van der Waals surface area (Å²) in [6.45, 7) is 1.85. The van der Waals surface area contributed by atoms with Crippen LogP contribution in [0.4, 0.5) is 0 Å². The zero-order valence-corrected chi connectivity index (χ0v) is 15.6. The molecule has 0 amide bonds. The summed E-state index contributed by atoms with van der Waals surface area (Å²) in [6, 6.07) is 14.3. The van der Waals surface area contributed by atoms with E-state index in [-0.39, 0.29) is 5.78 Å². The summed E-state index contributed by atoms with van der Waals surface area (Å²) in [7, 11) is 3.16. The molecule has 0 saturated heterocycles. The minimum Gasteiger partial charge on any atom is -0.493 e. The molecule has 2 aromatic carbocycles. The third kappa shape index (κ3) is 3.28. The highest BCUT2D eigenvalue weighted by Gasteiger charge is 2.32. The second-order valence-corrected chi connectivity index (χ2v) is 6.26. The lowest BCUT2D eigenvalue weighted by Crippen LogP contribution is -2.45. The molecule has 2 aromatic rings. The summed E-state index contributed by atoms with van der Waals surface area (Å²) in [5, 5.41) is 6.71. The SMILES string of the molecule is COc1cccc([C@H]2NC(=S)NC(C)=C2C(=O)c2ccccc2)c1OC. The van der Waals surface area contributed by atoms with Gasteiger partial charge in [-0.05, 0) is 25.2 Å². The van der Waals surface area contributed by atoms with Crippen LogP contribution in [0.25, 0.3) is 0 Å². The highest BCUT2D eigenvalue weighted by atomic mass is 32.1. The summed E-state index contributed by atoms with van der Waals surface area (Å²) in [4.78, 5) is 13.2. The number of Topliss-reactive ketones (excluding diaryl/α,β-unsaturated/α-hetero) is 1. The highest BCUT2D eigenvalue weighted by Crippen LogP contribution is 2.39. The Hall–Kier alpha value is -2.86. The van der Waals surface area contributed by atoms with Gasteiger partial charge in [0.05, 0.1) is 20.3 Å². The standard InChI is InChI=1S/C20H20N2O3S/c1-12-16(18(23)13-8-5-4-6-9-13)17(22-20(26)21-12)14-10-7-11-15(24-2)19(14)25-3/h4-11,17H,1-3H3,(H2,21,22,26)/t17-/m1/s1. The number of methoxy groups -OCH3 is 2. The molecule has 134 valence electrons. The maximum Gasteiger partial charge on any atom is 0.193 e. The number of thiocarbonyl (C=S) groups is 1. The lowest BCUT2D eigenvalue weighted by atomic mass is 9.89. The Labute approximate surface area is 158 Å². The van der Waals surface area contributed by atoms with Crippen molar-refractivity contribution in [3.05, 3.63) is 70.9 Å². The molecule has 0 aromatic heterocycles. The van der Waals surface area contributed by atoms with Crippen molar-refractivity contribution in [3.8, 4) is 11.5 Å². The molecule has 5 nitrogen and oxygen atoms in total. The smallest absolute Gasteiger partial charge is 0.193 e. The van der Waals surface area contributed by atoms with E-state index in [0.717, 1.165) is 11.3 Å². The van der Waals surface area contributed by atoms with E-state index in [1.807, 2.05) is 43.3 Å². The Morgan fingerprint density at radius 2 is 1.77 bits per heavy atom. The van der Waals surface area contributed by atoms with E-state index in [0.29, 0.717) is 27.7 Å². The summed E-state index contributed by atoms with van der Waals surface area (Å²) >= 11 is 5.32. The number of rotatable bonds is 5. The number of nitrogens with one attached hydrogen (secondary N) is 2. The van der Waals surface area contributed by atoms with E-state index in [4.69, 9.17) is 21.7 Å². The van der Waals surface area contributed by atoms with Crippen molar-refractivity contribution in [1.82, 2.24) is 10.6 Å². The van der Waals surface area contributed by atoms with Crippen molar-refractivity contribution in [1.29, 1.82) is 0 Å². The molecule has 1 atom stereocenters. The molecular weight excluding hydrogens is 348 g/mol. The fourth-order valence-corrected chi connectivity index (χ4v) is 3.38. The Morgan fingerprint density at radius 1 is 1.04 bits per heavy atom. The first-order chi connectivity index (χ1) is 12.6. The fraction of sp³-hybridized carbons (Fsp3) is 0.200. The molecule has 6 heteroatoms. The molecule has 26 heavy (non-hydrogen) atoms. The first kappa shape index (κ1) is 17.9. The second kappa shape index (κ2) is 7.58. The Bertz CT molecular complexity index is 878. The summed E-state index contributed by atoms with van der Waals surface area (Å²) < 4.78 is 11.0. The van der Waals surface area contributed by atoms with E-state index < -0.39 is 6.04 Å². The van der Waals surface area contributed by atoms with Gasteiger partial charge in [-0.3, -0.25) is 4.79 Å². The molecule has 1 aliphatic rings. The molecule has 0 spiro atoms. The van der Waals surface area contributed by atoms with E-state index in [1.54, 1.807) is 26.4 Å². The molecule has 0 fully saturated rings. The quantitative estimate of drug-likeness (QED) is 0.623. The normalized spacial score (nSPS) is 16.6. The largest absolute Gasteiger partial charge is 0.493 e. The lowest BCUT2D eigenvalue weighted by molar-refractivity contribution is 0.102. The van der Waals surface area contributed by atoms with Crippen LogP contribution in [-0.2, 0) is 0 Å². The van der Waals surface area contributed by atoms with Crippen molar-refractivity contribution >= 4 is 23.1 Å². The molecule has 0 saturated carbocycles. The van der Waals surface area contributed by atoms with Crippen LogP contribution in [0.5, 0.6) is 11.5 Å². The second-order valence-electron chi connectivity index (χ2n) is 5.85. The summed E-state index contributed by atoms with van der Waals surface area (Å²) in [5.74, 6) is 1.10. The van der Waals surface area contributed by atoms with E-state index >= 15 is 0 Å². The van der Waals surface area contributed by atoms with Crippen molar-refractivity contribution in [3.63, 3.8) is 0 Å². The number of hydrogen-bond acceptors (Lipinski definition) is 4. The number of benzene rings is 2.